The van der Waals surface area contributed by atoms with E-state index in [4.69, 9.17) is 21.1 Å². The summed E-state index contributed by atoms with van der Waals surface area (Å²) < 4.78 is 11.6. The highest BCUT2D eigenvalue weighted by Gasteiger charge is 2.21. The van der Waals surface area contributed by atoms with Crippen LogP contribution in [-0.4, -0.2) is 18.2 Å². The summed E-state index contributed by atoms with van der Waals surface area (Å²) in [5.74, 6) is 0. The van der Waals surface area contributed by atoms with Crippen molar-refractivity contribution in [3.63, 3.8) is 0 Å². The molecular weight excluding hydrogens is 268 g/mol. The standard InChI is InChI=1S/C13H15ClN2O3/c1-3-18-13(19-4-2)11-5-9-7-15-12(14)6-10(9)8-16(11)17/h5-8,13H,3-4H2,1-2H3. The van der Waals surface area contributed by atoms with E-state index in [0.29, 0.717) is 24.1 Å². The summed E-state index contributed by atoms with van der Waals surface area (Å²) in [4.78, 5) is 4.00. The molecule has 0 aliphatic carbocycles. The lowest BCUT2D eigenvalue weighted by Gasteiger charge is -2.16. The molecule has 0 radical (unpaired) electrons. The van der Waals surface area contributed by atoms with Crippen LogP contribution in [-0.2, 0) is 9.47 Å². The minimum Gasteiger partial charge on any atom is -0.618 e. The Labute approximate surface area is 116 Å². The van der Waals surface area contributed by atoms with E-state index in [1.807, 2.05) is 13.8 Å². The predicted octanol–water partition coefficient (Wildman–Crippen LogP) is 2.59. The van der Waals surface area contributed by atoms with Gasteiger partial charge in [0, 0.05) is 30.9 Å². The summed E-state index contributed by atoms with van der Waals surface area (Å²) in [7, 11) is 0. The molecule has 0 spiro atoms. The second kappa shape index (κ2) is 6.14. The Bertz CT molecular complexity index is 571. The van der Waals surface area contributed by atoms with Crippen molar-refractivity contribution in [3.8, 4) is 0 Å². The van der Waals surface area contributed by atoms with Crippen molar-refractivity contribution < 1.29 is 14.2 Å². The molecule has 6 heteroatoms. The van der Waals surface area contributed by atoms with E-state index in [2.05, 4.69) is 4.98 Å². The summed E-state index contributed by atoms with van der Waals surface area (Å²) in [5.41, 5.74) is 0.403. The molecule has 0 atom stereocenters. The van der Waals surface area contributed by atoms with Gasteiger partial charge in [0.05, 0.1) is 5.39 Å². The fourth-order valence-electron chi connectivity index (χ4n) is 1.80. The average molecular weight is 283 g/mol. The number of ether oxygens (including phenoxy) is 2. The van der Waals surface area contributed by atoms with Gasteiger partial charge in [0.15, 0.2) is 6.20 Å². The molecule has 0 fully saturated rings. The first-order chi connectivity index (χ1) is 9.15. The van der Waals surface area contributed by atoms with Crippen LogP contribution in [0.4, 0.5) is 0 Å². The fraction of sp³-hybridized carbons (Fsp3) is 0.385. The van der Waals surface area contributed by atoms with Crippen molar-refractivity contribution >= 4 is 22.4 Å². The van der Waals surface area contributed by atoms with Gasteiger partial charge < -0.3 is 14.7 Å². The van der Waals surface area contributed by atoms with Crippen LogP contribution in [0.15, 0.2) is 24.5 Å². The third kappa shape index (κ3) is 3.12. The Hall–Kier alpha value is -1.43. The van der Waals surface area contributed by atoms with Crippen LogP contribution in [0.2, 0.25) is 5.15 Å². The fourth-order valence-corrected chi connectivity index (χ4v) is 1.97. The third-order valence-corrected chi connectivity index (χ3v) is 2.83. The molecule has 0 amide bonds. The van der Waals surface area contributed by atoms with E-state index in [0.717, 1.165) is 15.5 Å². The predicted molar refractivity (Wildman–Crippen MR) is 71.7 cm³/mol. The van der Waals surface area contributed by atoms with Gasteiger partial charge in [0.25, 0.3) is 0 Å². The van der Waals surface area contributed by atoms with Crippen LogP contribution < -0.4 is 4.73 Å². The first-order valence-corrected chi connectivity index (χ1v) is 6.45. The average Bonchev–Trinajstić information content (AvgIpc) is 2.37. The Balaban J connectivity index is 2.47. The largest absolute Gasteiger partial charge is 0.618 e. The molecule has 2 rings (SSSR count). The van der Waals surface area contributed by atoms with E-state index in [1.165, 1.54) is 6.20 Å². The maximum atomic E-state index is 12.0. The number of halogens is 1. The monoisotopic (exact) mass is 282 g/mol. The van der Waals surface area contributed by atoms with E-state index >= 15 is 0 Å². The molecule has 0 unspecified atom stereocenters. The number of nitrogens with zero attached hydrogens (tertiary/aromatic N) is 2. The highest BCUT2D eigenvalue weighted by molar-refractivity contribution is 6.30. The van der Waals surface area contributed by atoms with Gasteiger partial charge in [-0.15, -0.1) is 0 Å². The zero-order valence-electron chi connectivity index (χ0n) is 10.8. The van der Waals surface area contributed by atoms with E-state index < -0.39 is 6.29 Å². The van der Waals surface area contributed by atoms with Gasteiger partial charge in [-0.2, -0.15) is 4.73 Å². The molecule has 0 saturated heterocycles. The van der Waals surface area contributed by atoms with Gasteiger partial charge in [-0.05, 0) is 19.9 Å². The summed E-state index contributed by atoms with van der Waals surface area (Å²) in [6.45, 7) is 4.62. The highest BCUT2D eigenvalue weighted by atomic mass is 35.5. The molecule has 0 N–H and O–H groups in total. The lowest BCUT2D eigenvalue weighted by Crippen LogP contribution is -2.34. The van der Waals surface area contributed by atoms with Gasteiger partial charge in [-0.3, -0.25) is 0 Å². The first kappa shape index (κ1) is 14.0. The topological polar surface area (TPSA) is 58.3 Å². The van der Waals surface area contributed by atoms with Gasteiger partial charge in [-0.1, -0.05) is 11.6 Å². The maximum Gasteiger partial charge on any atom is 0.250 e. The van der Waals surface area contributed by atoms with Gasteiger partial charge >= 0.3 is 0 Å². The summed E-state index contributed by atoms with van der Waals surface area (Å²) in [6.07, 6.45) is 2.40. The van der Waals surface area contributed by atoms with Crippen molar-refractivity contribution in [2.24, 2.45) is 0 Å². The van der Waals surface area contributed by atoms with E-state index in [1.54, 1.807) is 18.3 Å². The number of hydrogen-bond donors (Lipinski definition) is 0. The highest BCUT2D eigenvalue weighted by Crippen LogP contribution is 2.21. The van der Waals surface area contributed by atoms with Crippen LogP contribution in [0, 0.1) is 5.21 Å². The number of aromatic nitrogens is 2. The van der Waals surface area contributed by atoms with Gasteiger partial charge in [0.1, 0.15) is 5.15 Å². The lowest BCUT2D eigenvalue weighted by molar-refractivity contribution is -0.622. The van der Waals surface area contributed by atoms with Crippen LogP contribution in [0.1, 0.15) is 25.8 Å². The Morgan fingerprint density at radius 1 is 1.26 bits per heavy atom. The minimum absolute atomic E-state index is 0.353. The lowest BCUT2D eigenvalue weighted by atomic mass is 10.2. The van der Waals surface area contributed by atoms with Crippen LogP contribution in [0.25, 0.3) is 10.8 Å². The first-order valence-electron chi connectivity index (χ1n) is 6.07. The normalized spacial score (nSPS) is 11.4. The molecule has 2 heterocycles. The van der Waals surface area contributed by atoms with Gasteiger partial charge in [0.2, 0.25) is 12.0 Å². The molecule has 2 aromatic rings. The number of hydrogen-bond acceptors (Lipinski definition) is 4. The smallest absolute Gasteiger partial charge is 0.250 e. The van der Waals surface area contributed by atoms with Gasteiger partial charge in [-0.25, -0.2) is 4.98 Å². The second-order valence-corrected chi connectivity index (χ2v) is 4.29. The molecule has 5 nitrogen and oxygen atoms in total. The van der Waals surface area contributed by atoms with Crippen molar-refractivity contribution in [1.82, 2.24) is 4.98 Å². The molecule has 0 aliphatic heterocycles. The Morgan fingerprint density at radius 2 is 1.95 bits per heavy atom. The zero-order chi connectivity index (χ0) is 13.8. The third-order valence-electron chi connectivity index (χ3n) is 2.63. The quantitative estimate of drug-likeness (QED) is 0.366. The molecule has 0 saturated carbocycles. The maximum absolute atomic E-state index is 12.0. The van der Waals surface area contributed by atoms with Crippen molar-refractivity contribution in [1.29, 1.82) is 0 Å². The van der Waals surface area contributed by atoms with Crippen LogP contribution in [0.5, 0.6) is 0 Å². The number of pyridine rings is 2. The van der Waals surface area contributed by atoms with E-state index in [9.17, 15) is 5.21 Å². The summed E-state index contributed by atoms with van der Waals surface area (Å²) in [6, 6.07) is 3.35. The summed E-state index contributed by atoms with van der Waals surface area (Å²) in [5, 5.41) is 13.9. The number of fused-ring (bicyclic) bond motifs is 1. The molecular formula is C13H15ClN2O3. The molecule has 102 valence electrons. The number of rotatable bonds is 5. The van der Waals surface area contributed by atoms with Crippen molar-refractivity contribution in [2.75, 3.05) is 13.2 Å². The molecule has 0 aliphatic rings. The van der Waals surface area contributed by atoms with Crippen molar-refractivity contribution in [3.05, 3.63) is 40.6 Å². The van der Waals surface area contributed by atoms with Crippen LogP contribution >= 0.6 is 11.6 Å². The summed E-state index contributed by atoms with van der Waals surface area (Å²) >= 11 is 5.80. The molecule has 0 aromatic carbocycles. The van der Waals surface area contributed by atoms with Crippen molar-refractivity contribution in [2.45, 2.75) is 20.1 Å². The Morgan fingerprint density at radius 3 is 2.58 bits per heavy atom. The van der Waals surface area contributed by atoms with Crippen LogP contribution in [0.3, 0.4) is 0 Å². The second-order valence-electron chi connectivity index (χ2n) is 3.90. The Kier molecular flexibility index (Phi) is 4.52. The molecule has 0 bridgehead atoms. The zero-order valence-corrected chi connectivity index (χ0v) is 11.6. The van der Waals surface area contributed by atoms with E-state index in [-0.39, 0.29) is 0 Å². The minimum atomic E-state index is -0.674. The SMILES string of the molecule is CCOC(OCC)c1cc2cnc(Cl)cc2c[n+]1[O-]. The molecule has 2 aromatic heterocycles. The molecule has 19 heavy (non-hydrogen) atoms.